The first kappa shape index (κ1) is 20.0. The lowest BCUT2D eigenvalue weighted by Crippen LogP contribution is -2.46. The van der Waals surface area contributed by atoms with Gasteiger partial charge in [-0.3, -0.25) is 4.90 Å². The summed E-state index contributed by atoms with van der Waals surface area (Å²) in [6.45, 7) is 2.74. The third-order valence-electron chi connectivity index (χ3n) is 5.46. The first-order valence-electron chi connectivity index (χ1n) is 9.37. The molecule has 0 radical (unpaired) electrons. The fraction of sp³-hybridized carbons (Fsp3) is 0.455. The van der Waals surface area contributed by atoms with Crippen molar-refractivity contribution in [1.29, 1.82) is 0 Å². The molecule has 4 nitrogen and oxygen atoms in total. The fourth-order valence-corrected chi connectivity index (χ4v) is 4.37. The smallest absolute Gasteiger partial charge is 0.127 e. The number of hydrogen-bond acceptors (Lipinski definition) is 4. The van der Waals surface area contributed by atoms with Crippen molar-refractivity contribution < 1.29 is 14.6 Å². The van der Waals surface area contributed by atoms with Gasteiger partial charge in [0, 0.05) is 23.5 Å². The van der Waals surface area contributed by atoms with E-state index in [9.17, 15) is 5.11 Å². The number of nitrogens with zero attached hydrogens (tertiary/aromatic N) is 1. The molecule has 2 aromatic rings. The van der Waals surface area contributed by atoms with Gasteiger partial charge in [-0.25, -0.2) is 0 Å². The van der Waals surface area contributed by atoms with Crippen molar-refractivity contribution in [3.63, 3.8) is 0 Å². The highest BCUT2D eigenvalue weighted by Gasteiger charge is 2.35. The van der Waals surface area contributed by atoms with Gasteiger partial charge in [0.1, 0.15) is 11.5 Å². The van der Waals surface area contributed by atoms with Crippen molar-refractivity contribution in [2.75, 3.05) is 33.9 Å². The van der Waals surface area contributed by atoms with Gasteiger partial charge in [0.25, 0.3) is 0 Å². The van der Waals surface area contributed by atoms with Crippen molar-refractivity contribution in [1.82, 2.24) is 4.90 Å². The summed E-state index contributed by atoms with van der Waals surface area (Å²) in [4.78, 5) is 2.39. The number of ether oxygens (including phenoxy) is 2. The van der Waals surface area contributed by atoms with E-state index in [4.69, 9.17) is 21.1 Å². The van der Waals surface area contributed by atoms with Gasteiger partial charge in [-0.1, -0.05) is 29.8 Å². The molecule has 146 valence electrons. The van der Waals surface area contributed by atoms with Crippen LogP contribution in [0.2, 0.25) is 5.02 Å². The predicted molar refractivity (Wildman–Crippen MR) is 109 cm³/mol. The molecule has 1 saturated heterocycles. The number of aliphatic hydroxyl groups excluding tert-OH is 1. The lowest BCUT2D eigenvalue weighted by atomic mass is 9.75. The van der Waals surface area contributed by atoms with E-state index in [1.54, 1.807) is 14.2 Å². The Bertz CT molecular complexity index is 745. The number of halogens is 1. The number of benzene rings is 2. The van der Waals surface area contributed by atoms with Gasteiger partial charge in [-0.05, 0) is 55.6 Å². The van der Waals surface area contributed by atoms with Gasteiger partial charge in [-0.15, -0.1) is 0 Å². The lowest BCUT2D eigenvalue weighted by Gasteiger charge is -2.42. The molecule has 27 heavy (non-hydrogen) atoms. The van der Waals surface area contributed by atoms with Crippen molar-refractivity contribution >= 4 is 11.6 Å². The van der Waals surface area contributed by atoms with Gasteiger partial charge in [0.2, 0.25) is 0 Å². The number of methoxy groups -OCH3 is 2. The maximum absolute atomic E-state index is 10.2. The van der Waals surface area contributed by atoms with Crippen LogP contribution in [0.4, 0.5) is 0 Å². The molecule has 2 aromatic carbocycles. The van der Waals surface area contributed by atoms with E-state index in [1.165, 1.54) is 5.56 Å². The average Bonchev–Trinajstić information content (AvgIpc) is 2.68. The zero-order valence-corrected chi connectivity index (χ0v) is 16.8. The highest BCUT2D eigenvalue weighted by Crippen LogP contribution is 2.36. The van der Waals surface area contributed by atoms with Gasteiger partial charge >= 0.3 is 0 Å². The highest BCUT2D eigenvalue weighted by atomic mass is 35.5. The van der Waals surface area contributed by atoms with E-state index in [-0.39, 0.29) is 12.0 Å². The van der Waals surface area contributed by atoms with Crippen molar-refractivity contribution in [3.8, 4) is 11.5 Å². The largest absolute Gasteiger partial charge is 0.496 e. The van der Waals surface area contributed by atoms with Gasteiger partial charge in [0.05, 0.1) is 26.4 Å². The summed E-state index contributed by atoms with van der Waals surface area (Å²) in [5.41, 5.74) is 2.07. The minimum atomic E-state index is -0.155. The van der Waals surface area contributed by atoms with Crippen LogP contribution in [0.5, 0.6) is 11.5 Å². The summed E-state index contributed by atoms with van der Waals surface area (Å²) in [6.07, 6.45) is 2.89. The van der Waals surface area contributed by atoms with Gasteiger partial charge in [0.15, 0.2) is 0 Å². The topological polar surface area (TPSA) is 41.9 Å². The standard InChI is InChI=1S/C22H28ClNO3/c1-26-20-8-4-9-21(27-2)19(20)14-24-11-5-10-22(15-24,16-25)13-17-6-3-7-18(23)12-17/h3-4,6-9,12,25H,5,10-11,13-16H2,1-2H3/t22-/m0/s1. The summed E-state index contributed by atoms with van der Waals surface area (Å²) in [7, 11) is 3.37. The summed E-state index contributed by atoms with van der Waals surface area (Å²) >= 11 is 6.15. The van der Waals surface area contributed by atoms with Crippen LogP contribution < -0.4 is 9.47 Å². The second kappa shape index (κ2) is 8.96. The SMILES string of the molecule is COc1cccc(OC)c1CN1CCC[C@](CO)(Cc2cccc(Cl)c2)C1. The molecule has 1 atom stereocenters. The minimum absolute atomic E-state index is 0.155. The summed E-state index contributed by atoms with van der Waals surface area (Å²) in [6, 6.07) is 13.8. The zero-order valence-electron chi connectivity index (χ0n) is 16.1. The number of likely N-dealkylation sites (tertiary alicyclic amines) is 1. The monoisotopic (exact) mass is 389 g/mol. The Morgan fingerprint density at radius 3 is 2.44 bits per heavy atom. The van der Waals surface area contributed by atoms with Gasteiger partial charge < -0.3 is 14.6 Å². The Balaban J connectivity index is 1.79. The maximum Gasteiger partial charge on any atom is 0.127 e. The van der Waals surface area contributed by atoms with Crippen molar-refractivity contribution in [2.24, 2.45) is 5.41 Å². The van der Waals surface area contributed by atoms with Crippen molar-refractivity contribution in [2.45, 2.75) is 25.8 Å². The molecule has 0 amide bonds. The molecular weight excluding hydrogens is 362 g/mol. The molecule has 1 fully saturated rings. The van der Waals surface area contributed by atoms with E-state index in [2.05, 4.69) is 11.0 Å². The second-order valence-corrected chi connectivity index (χ2v) is 7.86. The van der Waals surface area contributed by atoms with Crippen LogP contribution >= 0.6 is 11.6 Å². The molecule has 1 N–H and O–H groups in total. The normalized spacial score (nSPS) is 20.4. The Hall–Kier alpha value is -1.75. The average molecular weight is 390 g/mol. The summed E-state index contributed by atoms with van der Waals surface area (Å²) in [5, 5.41) is 11.0. The van der Waals surface area contributed by atoms with Crippen LogP contribution in [0, 0.1) is 5.41 Å². The van der Waals surface area contributed by atoms with E-state index in [0.29, 0.717) is 0 Å². The molecule has 0 aromatic heterocycles. The maximum atomic E-state index is 10.2. The molecule has 0 unspecified atom stereocenters. The van der Waals surface area contributed by atoms with Gasteiger partial charge in [-0.2, -0.15) is 0 Å². The molecule has 0 saturated carbocycles. The minimum Gasteiger partial charge on any atom is -0.496 e. The third-order valence-corrected chi connectivity index (χ3v) is 5.69. The Morgan fingerprint density at radius 1 is 1.11 bits per heavy atom. The third kappa shape index (κ3) is 4.75. The van der Waals surface area contributed by atoms with Crippen LogP contribution in [-0.2, 0) is 13.0 Å². The van der Waals surface area contributed by atoms with Crippen LogP contribution in [0.3, 0.4) is 0 Å². The molecule has 0 aliphatic carbocycles. The van der Waals surface area contributed by atoms with Crippen molar-refractivity contribution in [3.05, 3.63) is 58.6 Å². The molecule has 1 aliphatic rings. The Morgan fingerprint density at radius 2 is 1.81 bits per heavy atom. The first-order valence-corrected chi connectivity index (χ1v) is 9.74. The molecular formula is C22H28ClNO3. The quantitative estimate of drug-likeness (QED) is 0.771. The number of aliphatic hydroxyl groups is 1. The highest BCUT2D eigenvalue weighted by molar-refractivity contribution is 6.30. The summed E-state index contributed by atoms with van der Waals surface area (Å²) < 4.78 is 11.1. The molecule has 0 bridgehead atoms. The van der Waals surface area contributed by atoms with E-state index in [0.717, 1.165) is 61.0 Å². The zero-order chi connectivity index (χ0) is 19.3. The summed E-state index contributed by atoms with van der Waals surface area (Å²) in [5.74, 6) is 1.67. The Kier molecular flexibility index (Phi) is 6.64. The lowest BCUT2D eigenvalue weighted by molar-refractivity contribution is 0.0283. The van der Waals surface area contributed by atoms with Crippen LogP contribution in [0.1, 0.15) is 24.0 Å². The fourth-order valence-electron chi connectivity index (χ4n) is 4.16. The van der Waals surface area contributed by atoms with E-state index in [1.807, 2.05) is 36.4 Å². The number of rotatable bonds is 7. The molecule has 0 spiro atoms. The Labute approximate surface area is 166 Å². The second-order valence-electron chi connectivity index (χ2n) is 7.42. The van der Waals surface area contributed by atoms with Crippen LogP contribution in [0.15, 0.2) is 42.5 Å². The van der Waals surface area contributed by atoms with E-state index >= 15 is 0 Å². The molecule has 5 heteroatoms. The molecule has 1 heterocycles. The van der Waals surface area contributed by atoms with E-state index < -0.39 is 0 Å². The number of hydrogen-bond donors (Lipinski definition) is 1. The van der Waals surface area contributed by atoms with Crippen LogP contribution in [0.25, 0.3) is 0 Å². The predicted octanol–water partition coefficient (Wildman–Crippen LogP) is 4.17. The molecule has 1 aliphatic heterocycles. The first-order chi connectivity index (χ1) is 13.1. The van der Waals surface area contributed by atoms with Crippen LogP contribution in [-0.4, -0.2) is 43.9 Å². The number of piperidine rings is 1. The molecule has 3 rings (SSSR count).